The van der Waals surface area contributed by atoms with Gasteiger partial charge in [-0.2, -0.15) is 0 Å². The van der Waals surface area contributed by atoms with Gasteiger partial charge in [0.2, 0.25) is 0 Å². The van der Waals surface area contributed by atoms with Crippen molar-refractivity contribution in [2.45, 2.75) is 18.9 Å². The molecular formula is C17H19N3. The van der Waals surface area contributed by atoms with Gasteiger partial charge in [-0.25, -0.2) is 4.98 Å². The van der Waals surface area contributed by atoms with Crippen molar-refractivity contribution in [3.05, 3.63) is 59.3 Å². The number of rotatable bonds is 0. The van der Waals surface area contributed by atoms with Gasteiger partial charge in [-0.3, -0.25) is 4.90 Å². The number of fused-ring (bicyclic) bond motifs is 5. The van der Waals surface area contributed by atoms with E-state index >= 15 is 0 Å². The van der Waals surface area contributed by atoms with Crippen molar-refractivity contribution in [1.29, 1.82) is 0 Å². The molecule has 4 rings (SSSR count). The summed E-state index contributed by atoms with van der Waals surface area (Å²) in [4.78, 5) is 9.54. The molecule has 0 saturated carbocycles. The van der Waals surface area contributed by atoms with Crippen LogP contribution in [0.4, 0.5) is 5.82 Å². The maximum absolute atomic E-state index is 4.68. The maximum atomic E-state index is 4.68. The zero-order valence-corrected chi connectivity index (χ0v) is 11.8. The normalized spacial score (nSPS) is 21.6. The van der Waals surface area contributed by atoms with Gasteiger partial charge in [-0.15, -0.1) is 0 Å². The number of nitrogens with zero attached hydrogens (tertiary/aromatic N) is 3. The highest BCUT2D eigenvalue weighted by Crippen LogP contribution is 2.39. The molecule has 0 amide bonds. The molecule has 1 atom stereocenters. The van der Waals surface area contributed by atoms with Crippen molar-refractivity contribution >= 4 is 5.82 Å². The molecule has 102 valence electrons. The third-order valence-electron chi connectivity index (χ3n) is 4.49. The number of aromatic nitrogens is 1. The Morgan fingerprint density at radius 2 is 1.95 bits per heavy atom. The predicted octanol–water partition coefficient (Wildman–Crippen LogP) is 2.83. The van der Waals surface area contributed by atoms with Crippen LogP contribution >= 0.6 is 0 Å². The van der Waals surface area contributed by atoms with Crippen molar-refractivity contribution in [1.82, 2.24) is 9.88 Å². The van der Waals surface area contributed by atoms with Gasteiger partial charge in [-0.1, -0.05) is 30.3 Å². The fourth-order valence-electron chi connectivity index (χ4n) is 3.52. The average molecular weight is 265 g/mol. The fraction of sp³-hybridized carbons (Fsp3) is 0.353. The lowest BCUT2D eigenvalue weighted by Crippen LogP contribution is -2.45. The molecule has 1 fully saturated rings. The molecule has 0 aliphatic carbocycles. The Labute approximate surface area is 119 Å². The van der Waals surface area contributed by atoms with E-state index in [0.29, 0.717) is 6.04 Å². The molecular weight excluding hydrogens is 246 g/mol. The number of hydrogen-bond donors (Lipinski definition) is 0. The quantitative estimate of drug-likeness (QED) is 0.730. The van der Waals surface area contributed by atoms with E-state index in [2.05, 4.69) is 58.2 Å². The highest BCUT2D eigenvalue weighted by atomic mass is 15.4. The number of hydrogen-bond acceptors (Lipinski definition) is 3. The van der Waals surface area contributed by atoms with E-state index < -0.39 is 0 Å². The molecule has 2 aliphatic heterocycles. The van der Waals surface area contributed by atoms with Gasteiger partial charge in [0, 0.05) is 19.2 Å². The van der Waals surface area contributed by atoms with Gasteiger partial charge in [0.1, 0.15) is 5.82 Å². The van der Waals surface area contributed by atoms with Crippen LogP contribution in [0.2, 0.25) is 0 Å². The Kier molecular flexibility index (Phi) is 2.74. The van der Waals surface area contributed by atoms with Crippen molar-refractivity contribution in [2.24, 2.45) is 0 Å². The van der Waals surface area contributed by atoms with E-state index in [1.807, 2.05) is 6.20 Å². The first kappa shape index (κ1) is 11.9. The molecule has 2 aromatic rings. The highest BCUT2D eigenvalue weighted by molar-refractivity contribution is 5.55. The molecule has 0 radical (unpaired) electrons. The Hall–Kier alpha value is -1.87. The largest absolute Gasteiger partial charge is 0.336 e. The molecule has 3 heterocycles. The topological polar surface area (TPSA) is 19.4 Å². The van der Waals surface area contributed by atoms with Crippen LogP contribution in [-0.4, -0.2) is 30.1 Å². The van der Waals surface area contributed by atoms with Crippen LogP contribution in [0.5, 0.6) is 0 Å². The second kappa shape index (κ2) is 4.60. The van der Waals surface area contributed by atoms with Crippen LogP contribution in [0.25, 0.3) is 0 Å². The van der Waals surface area contributed by atoms with E-state index in [1.54, 1.807) is 0 Å². The molecule has 20 heavy (non-hydrogen) atoms. The maximum Gasteiger partial charge on any atom is 0.133 e. The van der Waals surface area contributed by atoms with Gasteiger partial charge in [0.25, 0.3) is 0 Å². The minimum Gasteiger partial charge on any atom is -0.336 e. The first-order valence-corrected chi connectivity index (χ1v) is 7.30. The van der Waals surface area contributed by atoms with Crippen molar-refractivity contribution in [2.75, 3.05) is 25.2 Å². The summed E-state index contributed by atoms with van der Waals surface area (Å²) in [6.45, 7) is 2.11. The van der Waals surface area contributed by atoms with Crippen LogP contribution in [0.3, 0.4) is 0 Å². The molecule has 0 bridgehead atoms. The van der Waals surface area contributed by atoms with E-state index in [0.717, 1.165) is 19.6 Å². The SMILES string of the molecule is CN1CCC2c3ccccc3Cc3cccnc3N2C1. The molecule has 3 heteroatoms. The van der Waals surface area contributed by atoms with Crippen LogP contribution in [0.1, 0.15) is 29.2 Å². The minimum absolute atomic E-state index is 0.471. The lowest BCUT2D eigenvalue weighted by molar-refractivity contribution is 0.256. The Bertz CT molecular complexity index is 638. The van der Waals surface area contributed by atoms with Crippen LogP contribution in [-0.2, 0) is 6.42 Å². The summed E-state index contributed by atoms with van der Waals surface area (Å²) in [7, 11) is 2.19. The van der Waals surface area contributed by atoms with Crippen LogP contribution < -0.4 is 4.90 Å². The second-order valence-electron chi connectivity index (χ2n) is 5.86. The summed E-state index contributed by atoms with van der Waals surface area (Å²) in [5.41, 5.74) is 4.29. The summed E-state index contributed by atoms with van der Waals surface area (Å²) in [6, 6.07) is 13.6. The highest BCUT2D eigenvalue weighted by Gasteiger charge is 2.32. The summed E-state index contributed by atoms with van der Waals surface area (Å²) < 4.78 is 0. The van der Waals surface area contributed by atoms with Gasteiger partial charge < -0.3 is 4.90 Å². The summed E-state index contributed by atoms with van der Waals surface area (Å²) in [6.07, 6.45) is 4.08. The Morgan fingerprint density at radius 3 is 2.90 bits per heavy atom. The first-order valence-electron chi connectivity index (χ1n) is 7.30. The standard InChI is InChI=1S/C17H19N3/c1-19-10-8-16-15-7-3-2-5-13(15)11-14-6-4-9-18-17(14)20(16)12-19/h2-7,9,16H,8,10-12H2,1H3. The van der Waals surface area contributed by atoms with Crippen LogP contribution in [0.15, 0.2) is 42.6 Å². The zero-order chi connectivity index (χ0) is 13.5. The second-order valence-corrected chi connectivity index (χ2v) is 5.86. The fourth-order valence-corrected chi connectivity index (χ4v) is 3.52. The summed E-state index contributed by atoms with van der Waals surface area (Å²) in [5, 5.41) is 0. The predicted molar refractivity (Wildman–Crippen MR) is 80.8 cm³/mol. The third-order valence-corrected chi connectivity index (χ3v) is 4.49. The van der Waals surface area contributed by atoms with Crippen molar-refractivity contribution < 1.29 is 0 Å². The van der Waals surface area contributed by atoms with Gasteiger partial charge in [0.15, 0.2) is 0 Å². The van der Waals surface area contributed by atoms with Crippen molar-refractivity contribution in [3.63, 3.8) is 0 Å². The molecule has 0 N–H and O–H groups in total. The average Bonchev–Trinajstić information content (AvgIpc) is 2.61. The number of pyridine rings is 1. The van der Waals surface area contributed by atoms with Gasteiger partial charge >= 0.3 is 0 Å². The zero-order valence-electron chi connectivity index (χ0n) is 11.8. The van der Waals surface area contributed by atoms with Gasteiger partial charge in [0.05, 0.1) is 12.7 Å². The van der Waals surface area contributed by atoms with Crippen molar-refractivity contribution in [3.8, 4) is 0 Å². The van der Waals surface area contributed by atoms with E-state index in [1.165, 1.54) is 28.9 Å². The lowest BCUT2D eigenvalue weighted by Gasteiger charge is -2.41. The Morgan fingerprint density at radius 1 is 1.10 bits per heavy atom. The van der Waals surface area contributed by atoms with Crippen LogP contribution in [0, 0.1) is 0 Å². The molecule has 1 saturated heterocycles. The number of anilines is 1. The molecule has 1 unspecified atom stereocenters. The smallest absolute Gasteiger partial charge is 0.133 e. The van der Waals surface area contributed by atoms with E-state index in [4.69, 9.17) is 0 Å². The van der Waals surface area contributed by atoms with E-state index in [-0.39, 0.29) is 0 Å². The summed E-state index contributed by atoms with van der Waals surface area (Å²) >= 11 is 0. The molecule has 1 aromatic heterocycles. The number of benzene rings is 1. The third kappa shape index (κ3) is 1.81. The molecule has 3 nitrogen and oxygen atoms in total. The molecule has 0 spiro atoms. The minimum atomic E-state index is 0.471. The molecule has 2 aliphatic rings. The van der Waals surface area contributed by atoms with Gasteiger partial charge in [-0.05, 0) is 36.2 Å². The summed E-state index contributed by atoms with van der Waals surface area (Å²) in [5.74, 6) is 1.17. The van der Waals surface area contributed by atoms with E-state index in [9.17, 15) is 0 Å². The Balaban J connectivity index is 1.90. The first-order chi connectivity index (χ1) is 9.83. The molecule has 1 aromatic carbocycles. The monoisotopic (exact) mass is 265 g/mol. The lowest BCUT2D eigenvalue weighted by atomic mass is 9.95.